The van der Waals surface area contributed by atoms with Gasteiger partial charge in [0, 0.05) is 38.4 Å². The number of nitrogens with one attached hydrogen (secondary N) is 1. The van der Waals surface area contributed by atoms with Crippen molar-refractivity contribution in [3.63, 3.8) is 0 Å². The number of hydrogen-bond acceptors (Lipinski definition) is 2. The summed E-state index contributed by atoms with van der Waals surface area (Å²) in [5, 5.41) is 3.01. The number of carbonyl (C=O) groups is 2. The first kappa shape index (κ1) is 20.0. The number of benzene rings is 2. The number of carbonyl (C=O) groups excluding carboxylic acids is 2. The Labute approximate surface area is 177 Å². The van der Waals surface area contributed by atoms with Gasteiger partial charge in [-0.2, -0.15) is 0 Å². The van der Waals surface area contributed by atoms with Crippen LogP contribution >= 0.6 is 0 Å². The molecule has 0 saturated carbocycles. The maximum absolute atomic E-state index is 12.8. The second kappa shape index (κ2) is 8.57. The average molecular weight is 402 g/mol. The molecule has 3 aromatic rings. The summed E-state index contributed by atoms with van der Waals surface area (Å²) in [6.07, 6.45) is 3.87. The van der Waals surface area contributed by atoms with Gasteiger partial charge in [0.15, 0.2) is 0 Å². The van der Waals surface area contributed by atoms with Gasteiger partial charge in [-0.1, -0.05) is 35.9 Å². The molecule has 2 aromatic carbocycles. The van der Waals surface area contributed by atoms with Crippen LogP contribution in [0.5, 0.6) is 0 Å². The predicted octanol–water partition coefficient (Wildman–Crippen LogP) is 4.10. The Balaban J connectivity index is 1.38. The molecule has 30 heavy (non-hydrogen) atoms. The Kier molecular flexibility index (Phi) is 5.70. The van der Waals surface area contributed by atoms with Crippen molar-refractivity contribution in [1.29, 1.82) is 0 Å². The van der Waals surface area contributed by atoms with Gasteiger partial charge in [-0.15, -0.1) is 0 Å². The third kappa shape index (κ3) is 4.46. The van der Waals surface area contributed by atoms with Crippen LogP contribution in [0.2, 0.25) is 0 Å². The molecule has 2 amide bonds. The quantitative estimate of drug-likeness (QED) is 0.700. The van der Waals surface area contributed by atoms with Crippen molar-refractivity contribution in [2.45, 2.75) is 32.7 Å². The molecule has 1 N–H and O–H groups in total. The summed E-state index contributed by atoms with van der Waals surface area (Å²) in [7, 11) is 1.88. The van der Waals surface area contributed by atoms with Crippen molar-refractivity contribution in [3.8, 4) is 0 Å². The Morgan fingerprint density at radius 3 is 2.57 bits per heavy atom. The number of aryl methyl sites for hydroxylation is 3. The molecule has 0 atom stereocenters. The van der Waals surface area contributed by atoms with E-state index >= 15 is 0 Å². The van der Waals surface area contributed by atoms with E-state index in [0.29, 0.717) is 25.2 Å². The minimum absolute atomic E-state index is 0.00285. The van der Waals surface area contributed by atoms with Gasteiger partial charge >= 0.3 is 0 Å². The Bertz CT molecular complexity index is 1070. The zero-order chi connectivity index (χ0) is 21.1. The number of fused-ring (bicyclic) bond motifs is 1. The van der Waals surface area contributed by atoms with Gasteiger partial charge < -0.3 is 14.8 Å². The standard InChI is InChI=1S/C25H27N3O2/c1-18-5-7-19(8-6-18)9-12-24(29)26-22-11-10-20-13-15-28(17-21(20)16-22)25(30)23-4-3-14-27(23)2/h3-8,10-11,14,16H,9,12-13,15,17H2,1-2H3,(H,26,29). The van der Waals surface area contributed by atoms with E-state index in [1.54, 1.807) is 0 Å². The van der Waals surface area contributed by atoms with Crippen molar-refractivity contribution in [2.75, 3.05) is 11.9 Å². The topological polar surface area (TPSA) is 54.3 Å². The molecular formula is C25H27N3O2. The molecule has 5 heteroatoms. The van der Waals surface area contributed by atoms with Crippen molar-refractivity contribution >= 4 is 17.5 Å². The van der Waals surface area contributed by atoms with E-state index in [0.717, 1.165) is 29.7 Å². The lowest BCUT2D eigenvalue weighted by molar-refractivity contribution is -0.116. The van der Waals surface area contributed by atoms with Crippen molar-refractivity contribution in [3.05, 3.63) is 88.7 Å². The minimum atomic E-state index is 0.00285. The molecule has 0 saturated heterocycles. The molecule has 0 unspecified atom stereocenters. The fourth-order valence-electron chi connectivity index (χ4n) is 3.89. The third-order valence-corrected chi connectivity index (χ3v) is 5.71. The van der Waals surface area contributed by atoms with Gasteiger partial charge in [-0.3, -0.25) is 9.59 Å². The highest BCUT2D eigenvalue weighted by Crippen LogP contribution is 2.24. The van der Waals surface area contributed by atoms with Crippen LogP contribution in [-0.4, -0.2) is 27.8 Å². The molecule has 1 aromatic heterocycles. The normalized spacial score (nSPS) is 13.1. The van der Waals surface area contributed by atoms with E-state index in [1.165, 1.54) is 11.1 Å². The number of amides is 2. The van der Waals surface area contributed by atoms with Gasteiger partial charge in [0.1, 0.15) is 5.69 Å². The molecule has 0 bridgehead atoms. The number of rotatable bonds is 5. The van der Waals surface area contributed by atoms with Crippen LogP contribution in [0.4, 0.5) is 5.69 Å². The summed E-state index contributed by atoms with van der Waals surface area (Å²) in [5.74, 6) is 0.0452. The Morgan fingerprint density at radius 2 is 1.83 bits per heavy atom. The van der Waals surface area contributed by atoms with Gasteiger partial charge in [0.2, 0.25) is 5.91 Å². The highest BCUT2D eigenvalue weighted by molar-refractivity contribution is 5.93. The van der Waals surface area contributed by atoms with E-state index in [2.05, 4.69) is 42.6 Å². The maximum Gasteiger partial charge on any atom is 0.270 e. The largest absolute Gasteiger partial charge is 0.347 e. The summed E-state index contributed by atoms with van der Waals surface area (Å²) in [4.78, 5) is 27.1. The summed E-state index contributed by atoms with van der Waals surface area (Å²) < 4.78 is 1.85. The lowest BCUT2D eigenvalue weighted by Crippen LogP contribution is -2.36. The zero-order valence-electron chi connectivity index (χ0n) is 17.5. The van der Waals surface area contributed by atoms with Crippen molar-refractivity contribution in [1.82, 2.24) is 9.47 Å². The van der Waals surface area contributed by atoms with Gasteiger partial charge in [0.25, 0.3) is 5.91 Å². The SMILES string of the molecule is Cc1ccc(CCC(=O)Nc2ccc3c(c2)CN(C(=O)c2cccn2C)CC3)cc1. The Hall–Kier alpha value is -3.34. The molecule has 1 aliphatic rings. The van der Waals surface area contributed by atoms with E-state index in [-0.39, 0.29) is 11.8 Å². The van der Waals surface area contributed by atoms with E-state index in [1.807, 2.05) is 47.0 Å². The second-order valence-electron chi connectivity index (χ2n) is 8.00. The predicted molar refractivity (Wildman–Crippen MR) is 118 cm³/mol. The third-order valence-electron chi connectivity index (χ3n) is 5.71. The molecule has 0 spiro atoms. The van der Waals surface area contributed by atoms with E-state index < -0.39 is 0 Å². The van der Waals surface area contributed by atoms with Crippen molar-refractivity contribution in [2.24, 2.45) is 7.05 Å². The van der Waals surface area contributed by atoms with Crippen LogP contribution in [0.15, 0.2) is 60.8 Å². The smallest absolute Gasteiger partial charge is 0.270 e. The zero-order valence-corrected chi connectivity index (χ0v) is 17.5. The first-order chi connectivity index (χ1) is 14.5. The van der Waals surface area contributed by atoms with E-state index in [9.17, 15) is 9.59 Å². The van der Waals surface area contributed by atoms with Gasteiger partial charge in [-0.25, -0.2) is 0 Å². The fraction of sp³-hybridized carbons (Fsp3) is 0.280. The highest BCUT2D eigenvalue weighted by Gasteiger charge is 2.23. The molecule has 154 valence electrons. The van der Waals surface area contributed by atoms with E-state index in [4.69, 9.17) is 0 Å². The minimum Gasteiger partial charge on any atom is -0.347 e. The maximum atomic E-state index is 12.8. The fourth-order valence-corrected chi connectivity index (χ4v) is 3.89. The molecular weight excluding hydrogens is 374 g/mol. The van der Waals surface area contributed by atoms with Crippen LogP contribution in [0.1, 0.15) is 39.2 Å². The number of aromatic nitrogens is 1. The molecule has 5 nitrogen and oxygen atoms in total. The van der Waals surface area contributed by atoms with Crippen LogP contribution in [-0.2, 0) is 31.2 Å². The van der Waals surface area contributed by atoms with Crippen LogP contribution in [0.25, 0.3) is 0 Å². The van der Waals surface area contributed by atoms with Gasteiger partial charge in [-0.05, 0) is 60.7 Å². The molecule has 1 aliphatic heterocycles. The van der Waals surface area contributed by atoms with Gasteiger partial charge in [0.05, 0.1) is 0 Å². The summed E-state index contributed by atoms with van der Waals surface area (Å²) in [5.41, 5.74) is 6.20. The van der Waals surface area contributed by atoms with Crippen LogP contribution in [0.3, 0.4) is 0 Å². The molecule has 4 rings (SSSR count). The lowest BCUT2D eigenvalue weighted by atomic mass is 9.98. The van der Waals surface area contributed by atoms with Crippen molar-refractivity contribution < 1.29 is 9.59 Å². The lowest BCUT2D eigenvalue weighted by Gasteiger charge is -2.29. The molecule has 0 fully saturated rings. The first-order valence-corrected chi connectivity index (χ1v) is 10.4. The number of anilines is 1. The van der Waals surface area contributed by atoms with Crippen LogP contribution < -0.4 is 5.32 Å². The first-order valence-electron chi connectivity index (χ1n) is 10.4. The summed E-state index contributed by atoms with van der Waals surface area (Å²) in [6, 6.07) is 18.0. The highest BCUT2D eigenvalue weighted by atomic mass is 16.2. The molecule has 0 aliphatic carbocycles. The monoisotopic (exact) mass is 401 g/mol. The Morgan fingerprint density at radius 1 is 1.03 bits per heavy atom. The summed E-state index contributed by atoms with van der Waals surface area (Å²) in [6.45, 7) is 3.33. The molecule has 0 radical (unpaired) electrons. The second-order valence-corrected chi connectivity index (χ2v) is 8.00. The van der Waals surface area contributed by atoms with Crippen LogP contribution in [0, 0.1) is 6.92 Å². The number of hydrogen-bond donors (Lipinski definition) is 1. The summed E-state index contributed by atoms with van der Waals surface area (Å²) >= 11 is 0. The number of nitrogens with zero attached hydrogens (tertiary/aromatic N) is 2. The average Bonchev–Trinajstić information content (AvgIpc) is 3.18. The molecule has 2 heterocycles.